The van der Waals surface area contributed by atoms with E-state index in [0.717, 1.165) is 18.4 Å². The Labute approximate surface area is 144 Å². The first-order chi connectivity index (χ1) is 11.0. The first kappa shape index (κ1) is 17.8. The number of hydrogen-bond donors (Lipinski definition) is 3. The molecule has 0 amide bonds. The second-order valence-electron chi connectivity index (χ2n) is 9.09. The Morgan fingerprint density at radius 1 is 1.12 bits per heavy atom. The van der Waals surface area contributed by atoms with Gasteiger partial charge >= 0.3 is 0 Å². The molecule has 3 aliphatic rings. The van der Waals surface area contributed by atoms with Gasteiger partial charge < -0.3 is 15.3 Å². The van der Waals surface area contributed by atoms with E-state index in [1.807, 2.05) is 27.7 Å². The zero-order chi connectivity index (χ0) is 18.1. The Kier molecular flexibility index (Phi) is 3.74. The van der Waals surface area contributed by atoms with Crippen LogP contribution in [0.25, 0.3) is 0 Å². The molecule has 5 atom stereocenters. The van der Waals surface area contributed by atoms with E-state index in [0.29, 0.717) is 24.8 Å². The number of carbonyl (C=O) groups is 1. The molecule has 0 aliphatic heterocycles. The van der Waals surface area contributed by atoms with Crippen LogP contribution >= 0.6 is 0 Å². The number of fused-ring (bicyclic) bond motifs is 2. The third-order valence-corrected chi connectivity index (χ3v) is 7.47. The molecule has 0 aromatic carbocycles. The average Bonchev–Trinajstić information content (AvgIpc) is 2.52. The summed E-state index contributed by atoms with van der Waals surface area (Å²) in [6, 6.07) is 0. The Balaban J connectivity index is 2.26. The van der Waals surface area contributed by atoms with Crippen molar-refractivity contribution in [2.24, 2.45) is 16.2 Å². The molecule has 0 radical (unpaired) electrons. The summed E-state index contributed by atoms with van der Waals surface area (Å²) in [6.45, 7) is 11.5. The number of aliphatic hydroxyl groups excluding tert-OH is 2. The predicted molar refractivity (Wildman–Crippen MR) is 92.3 cm³/mol. The minimum Gasteiger partial charge on any atom is -0.388 e. The van der Waals surface area contributed by atoms with Gasteiger partial charge in [-0.1, -0.05) is 45.8 Å². The SMILES string of the molecule is C=C[C@@]1(C)CCC2=C([C@H](O)C(=O)[C@@]3(O)C(C)(C)CCC[C@]23C)[C@H]1O. The lowest BCUT2D eigenvalue weighted by atomic mass is 9.44. The van der Waals surface area contributed by atoms with Gasteiger partial charge in [-0.15, -0.1) is 6.58 Å². The van der Waals surface area contributed by atoms with Crippen LogP contribution < -0.4 is 0 Å². The van der Waals surface area contributed by atoms with E-state index in [4.69, 9.17) is 0 Å². The lowest BCUT2D eigenvalue weighted by molar-refractivity contribution is -0.198. The maximum absolute atomic E-state index is 13.1. The van der Waals surface area contributed by atoms with Crippen molar-refractivity contribution in [3.05, 3.63) is 23.8 Å². The van der Waals surface area contributed by atoms with E-state index in [2.05, 4.69) is 6.58 Å². The van der Waals surface area contributed by atoms with Crippen LogP contribution in [0.5, 0.6) is 0 Å². The Hall–Kier alpha value is -0.970. The average molecular weight is 334 g/mol. The van der Waals surface area contributed by atoms with Crippen LogP contribution in [0, 0.1) is 16.2 Å². The smallest absolute Gasteiger partial charge is 0.198 e. The minimum atomic E-state index is -1.60. The van der Waals surface area contributed by atoms with Gasteiger partial charge in [0.15, 0.2) is 5.78 Å². The fourth-order valence-electron chi connectivity index (χ4n) is 5.62. The first-order valence-electron chi connectivity index (χ1n) is 8.96. The minimum absolute atomic E-state index is 0.415. The topological polar surface area (TPSA) is 77.8 Å². The van der Waals surface area contributed by atoms with Crippen molar-refractivity contribution < 1.29 is 20.1 Å². The van der Waals surface area contributed by atoms with E-state index >= 15 is 0 Å². The molecule has 3 aliphatic carbocycles. The molecule has 0 bridgehead atoms. The second-order valence-corrected chi connectivity index (χ2v) is 9.09. The van der Waals surface area contributed by atoms with Crippen LogP contribution in [-0.2, 0) is 4.79 Å². The molecule has 0 saturated heterocycles. The molecule has 1 fully saturated rings. The van der Waals surface area contributed by atoms with Gasteiger partial charge in [0, 0.05) is 16.2 Å². The van der Waals surface area contributed by atoms with Crippen molar-refractivity contribution in [3.63, 3.8) is 0 Å². The molecule has 1 saturated carbocycles. The number of rotatable bonds is 1. The molecule has 134 valence electrons. The third-order valence-electron chi connectivity index (χ3n) is 7.47. The molecule has 4 nitrogen and oxygen atoms in total. The summed E-state index contributed by atoms with van der Waals surface area (Å²) in [5, 5.41) is 33.3. The highest BCUT2D eigenvalue weighted by Gasteiger charge is 2.69. The Bertz CT molecular complexity index is 634. The van der Waals surface area contributed by atoms with Crippen molar-refractivity contribution in [2.45, 2.75) is 77.6 Å². The molecular weight excluding hydrogens is 304 g/mol. The van der Waals surface area contributed by atoms with Crippen LogP contribution in [0.15, 0.2) is 23.8 Å². The van der Waals surface area contributed by atoms with E-state index in [1.54, 1.807) is 6.08 Å². The van der Waals surface area contributed by atoms with Crippen LogP contribution in [0.1, 0.15) is 59.8 Å². The van der Waals surface area contributed by atoms with Crippen LogP contribution in [0.3, 0.4) is 0 Å². The van der Waals surface area contributed by atoms with Gasteiger partial charge in [0.25, 0.3) is 0 Å². The summed E-state index contributed by atoms with van der Waals surface area (Å²) >= 11 is 0. The fraction of sp³-hybridized carbons (Fsp3) is 0.750. The number of hydrogen-bond acceptors (Lipinski definition) is 4. The molecule has 0 spiro atoms. The summed E-state index contributed by atoms with van der Waals surface area (Å²) in [7, 11) is 0. The molecule has 0 heterocycles. The molecule has 3 rings (SSSR count). The zero-order valence-electron chi connectivity index (χ0n) is 15.2. The summed E-state index contributed by atoms with van der Waals surface area (Å²) < 4.78 is 0. The van der Waals surface area contributed by atoms with Gasteiger partial charge in [0.05, 0.1) is 6.10 Å². The quantitative estimate of drug-likeness (QED) is 0.644. The van der Waals surface area contributed by atoms with Crippen molar-refractivity contribution in [2.75, 3.05) is 0 Å². The highest BCUT2D eigenvalue weighted by atomic mass is 16.3. The third kappa shape index (κ3) is 1.82. The number of carbonyl (C=O) groups excluding carboxylic acids is 1. The van der Waals surface area contributed by atoms with Crippen molar-refractivity contribution in [3.8, 4) is 0 Å². The molecule has 4 heteroatoms. The van der Waals surface area contributed by atoms with E-state index in [-0.39, 0.29) is 0 Å². The van der Waals surface area contributed by atoms with E-state index in [1.165, 1.54) is 0 Å². The maximum atomic E-state index is 13.1. The van der Waals surface area contributed by atoms with Gasteiger partial charge in [0.2, 0.25) is 0 Å². The standard InChI is InChI=1S/C20H30O4/c1-6-18(4)11-8-12-13(15(18)22)14(21)16(23)20(24)17(2,3)9-7-10-19(12,20)5/h6,14-15,21-22,24H,1,7-11H2,2-5H3/t14-,15+,18-,19+,20+/m0/s1. The van der Waals surface area contributed by atoms with Gasteiger partial charge in [-0.25, -0.2) is 0 Å². The summed E-state index contributed by atoms with van der Waals surface area (Å²) in [5.74, 6) is -0.555. The fourth-order valence-corrected chi connectivity index (χ4v) is 5.62. The van der Waals surface area contributed by atoms with E-state index in [9.17, 15) is 20.1 Å². The highest BCUT2D eigenvalue weighted by molar-refractivity contribution is 5.97. The molecule has 24 heavy (non-hydrogen) atoms. The van der Waals surface area contributed by atoms with Crippen LogP contribution in [-0.4, -0.2) is 38.9 Å². The van der Waals surface area contributed by atoms with E-state index < -0.39 is 39.8 Å². The summed E-state index contributed by atoms with van der Waals surface area (Å²) in [6.07, 6.45) is 3.05. The van der Waals surface area contributed by atoms with Gasteiger partial charge in [-0.2, -0.15) is 0 Å². The largest absolute Gasteiger partial charge is 0.388 e. The molecular formula is C20H30O4. The van der Waals surface area contributed by atoms with Crippen molar-refractivity contribution in [1.82, 2.24) is 0 Å². The number of Topliss-reactive ketones (excluding diaryl/α,β-unsaturated/α-hetero) is 1. The maximum Gasteiger partial charge on any atom is 0.198 e. The molecule has 3 N–H and O–H groups in total. The van der Waals surface area contributed by atoms with Crippen molar-refractivity contribution in [1.29, 1.82) is 0 Å². The highest BCUT2D eigenvalue weighted by Crippen LogP contribution is 2.63. The second kappa shape index (κ2) is 5.03. The predicted octanol–water partition coefficient (Wildman–Crippen LogP) is 2.52. The Morgan fingerprint density at radius 3 is 2.33 bits per heavy atom. The van der Waals surface area contributed by atoms with Crippen LogP contribution in [0.2, 0.25) is 0 Å². The van der Waals surface area contributed by atoms with Crippen LogP contribution in [0.4, 0.5) is 0 Å². The van der Waals surface area contributed by atoms with Crippen molar-refractivity contribution >= 4 is 5.78 Å². The van der Waals surface area contributed by atoms with Gasteiger partial charge in [0.1, 0.15) is 11.7 Å². The molecule has 0 unspecified atom stereocenters. The first-order valence-corrected chi connectivity index (χ1v) is 8.96. The lowest BCUT2D eigenvalue weighted by Gasteiger charge is -2.62. The molecule has 0 aromatic heterocycles. The summed E-state index contributed by atoms with van der Waals surface area (Å²) in [4.78, 5) is 13.1. The lowest BCUT2D eigenvalue weighted by Crippen LogP contribution is -2.70. The van der Waals surface area contributed by atoms with Gasteiger partial charge in [-0.05, 0) is 31.3 Å². The zero-order valence-corrected chi connectivity index (χ0v) is 15.2. The summed E-state index contributed by atoms with van der Waals surface area (Å²) in [5.41, 5.74) is -2.20. The Morgan fingerprint density at radius 2 is 1.75 bits per heavy atom. The van der Waals surface area contributed by atoms with Gasteiger partial charge in [-0.3, -0.25) is 4.79 Å². The normalized spacial score (nSPS) is 47.9. The molecule has 0 aromatic rings. The number of aliphatic hydroxyl groups is 3. The monoisotopic (exact) mass is 334 g/mol. The number of ketones is 1.